The van der Waals surface area contributed by atoms with E-state index in [9.17, 15) is 4.79 Å². The van der Waals surface area contributed by atoms with Crippen LogP contribution >= 0.6 is 0 Å². The number of carbonyl (C=O) groups excluding carboxylic acids is 1. The van der Waals surface area contributed by atoms with Gasteiger partial charge in [0.05, 0.1) is 12.1 Å². The second-order valence-electron chi connectivity index (χ2n) is 5.48. The number of fused-ring (bicyclic) bond motifs is 1. The molecule has 2 aromatic carbocycles. The first-order valence-corrected chi connectivity index (χ1v) is 7.41. The molecule has 0 unspecified atom stereocenters. The standard InChI is InChI=1S/C18H18N4O/c1-13-7-9-14(10-8-13)21-17(23)11-22(2)18-15-5-3-4-6-16(15)19-12-20-18/h3-10,12H,11H2,1-2H3,(H,21,23). The predicted octanol–water partition coefficient (Wildman–Crippen LogP) is 3.01. The van der Waals surface area contributed by atoms with Crippen LogP contribution in [0.2, 0.25) is 0 Å². The van der Waals surface area contributed by atoms with E-state index in [1.807, 2.05) is 67.4 Å². The minimum Gasteiger partial charge on any atom is -0.350 e. The molecule has 5 nitrogen and oxygen atoms in total. The predicted molar refractivity (Wildman–Crippen MR) is 92.6 cm³/mol. The SMILES string of the molecule is Cc1ccc(NC(=O)CN(C)c2ncnc3ccccc23)cc1. The van der Waals surface area contributed by atoms with Crippen LogP contribution in [-0.4, -0.2) is 29.5 Å². The molecule has 3 rings (SSSR count). The molecule has 116 valence electrons. The highest BCUT2D eigenvalue weighted by atomic mass is 16.2. The number of hydrogen-bond donors (Lipinski definition) is 1. The lowest BCUT2D eigenvalue weighted by Crippen LogP contribution is -2.30. The molecule has 0 aliphatic carbocycles. The normalized spacial score (nSPS) is 10.5. The molecule has 0 aliphatic heterocycles. The Hall–Kier alpha value is -2.95. The fourth-order valence-electron chi connectivity index (χ4n) is 2.42. The molecule has 0 spiro atoms. The lowest BCUT2D eigenvalue weighted by molar-refractivity contribution is -0.114. The number of aromatic nitrogens is 2. The van der Waals surface area contributed by atoms with Crippen molar-refractivity contribution >= 4 is 28.3 Å². The number of nitrogens with one attached hydrogen (secondary N) is 1. The molecule has 3 aromatic rings. The molecule has 1 amide bonds. The van der Waals surface area contributed by atoms with Gasteiger partial charge in [-0.2, -0.15) is 0 Å². The van der Waals surface area contributed by atoms with E-state index >= 15 is 0 Å². The summed E-state index contributed by atoms with van der Waals surface area (Å²) < 4.78 is 0. The maximum absolute atomic E-state index is 12.2. The van der Waals surface area contributed by atoms with Crippen LogP contribution in [0.4, 0.5) is 11.5 Å². The maximum Gasteiger partial charge on any atom is 0.243 e. The van der Waals surface area contributed by atoms with E-state index in [1.54, 1.807) is 0 Å². The molecule has 0 saturated carbocycles. The lowest BCUT2D eigenvalue weighted by atomic mass is 10.2. The van der Waals surface area contributed by atoms with E-state index in [2.05, 4.69) is 15.3 Å². The zero-order chi connectivity index (χ0) is 16.2. The number of rotatable bonds is 4. The Kier molecular flexibility index (Phi) is 4.19. The number of hydrogen-bond acceptors (Lipinski definition) is 4. The van der Waals surface area contributed by atoms with Crippen LogP contribution in [0.3, 0.4) is 0 Å². The third kappa shape index (κ3) is 3.45. The molecule has 0 atom stereocenters. The third-order valence-corrected chi connectivity index (χ3v) is 3.60. The van der Waals surface area contributed by atoms with Gasteiger partial charge < -0.3 is 10.2 Å². The number of carbonyl (C=O) groups is 1. The van der Waals surface area contributed by atoms with Crippen molar-refractivity contribution in [2.24, 2.45) is 0 Å². The Balaban J connectivity index is 1.74. The topological polar surface area (TPSA) is 58.1 Å². The quantitative estimate of drug-likeness (QED) is 0.805. The third-order valence-electron chi connectivity index (χ3n) is 3.60. The number of benzene rings is 2. The zero-order valence-corrected chi connectivity index (χ0v) is 13.2. The Bertz CT molecular complexity index is 825. The van der Waals surface area contributed by atoms with Crippen molar-refractivity contribution in [2.45, 2.75) is 6.92 Å². The molecule has 0 radical (unpaired) electrons. The summed E-state index contributed by atoms with van der Waals surface area (Å²) in [6.07, 6.45) is 1.52. The fraction of sp³-hybridized carbons (Fsp3) is 0.167. The lowest BCUT2D eigenvalue weighted by Gasteiger charge is -2.19. The molecule has 23 heavy (non-hydrogen) atoms. The van der Waals surface area contributed by atoms with Crippen LogP contribution in [0.25, 0.3) is 10.9 Å². The van der Waals surface area contributed by atoms with Gasteiger partial charge in [-0.05, 0) is 31.2 Å². The Morgan fingerprint density at radius 1 is 1.09 bits per heavy atom. The average molecular weight is 306 g/mol. The first kappa shape index (κ1) is 15.0. The van der Waals surface area contributed by atoms with Crippen molar-refractivity contribution in [1.82, 2.24) is 9.97 Å². The van der Waals surface area contributed by atoms with E-state index in [0.717, 1.165) is 28.0 Å². The number of amides is 1. The van der Waals surface area contributed by atoms with Crippen molar-refractivity contribution in [3.63, 3.8) is 0 Å². The number of likely N-dealkylation sites (N-methyl/N-ethyl adjacent to an activating group) is 1. The molecular formula is C18H18N4O. The first-order chi connectivity index (χ1) is 11.1. The van der Waals surface area contributed by atoms with Gasteiger partial charge >= 0.3 is 0 Å². The molecule has 0 saturated heterocycles. The van der Waals surface area contributed by atoms with Gasteiger partial charge in [-0.1, -0.05) is 29.8 Å². The van der Waals surface area contributed by atoms with Gasteiger partial charge in [0.1, 0.15) is 12.1 Å². The highest BCUT2D eigenvalue weighted by Crippen LogP contribution is 2.21. The van der Waals surface area contributed by atoms with E-state index < -0.39 is 0 Å². The van der Waals surface area contributed by atoms with Crippen LogP contribution in [0.5, 0.6) is 0 Å². The molecule has 0 aliphatic rings. The minimum absolute atomic E-state index is 0.0842. The molecule has 1 aromatic heterocycles. The smallest absolute Gasteiger partial charge is 0.243 e. The number of anilines is 2. The van der Waals surface area contributed by atoms with E-state index in [1.165, 1.54) is 6.33 Å². The molecule has 1 N–H and O–H groups in total. The summed E-state index contributed by atoms with van der Waals surface area (Å²) in [4.78, 5) is 22.6. The molecule has 0 fully saturated rings. The summed E-state index contributed by atoms with van der Waals surface area (Å²) >= 11 is 0. The summed E-state index contributed by atoms with van der Waals surface area (Å²) in [6.45, 7) is 2.23. The van der Waals surface area contributed by atoms with Gasteiger partial charge in [0.2, 0.25) is 5.91 Å². The summed E-state index contributed by atoms with van der Waals surface area (Å²) in [6, 6.07) is 15.5. The van der Waals surface area contributed by atoms with Crippen LogP contribution < -0.4 is 10.2 Å². The van der Waals surface area contributed by atoms with Gasteiger partial charge in [-0.25, -0.2) is 9.97 Å². The molecule has 0 bridgehead atoms. The average Bonchev–Trinajstić information content (AvgIpc) is 2.56. The summed E-state index contributed by atoms with van der Waals surface area (Å²) in [7, 11) is 1.85. The largest absolute Gasteiger partial charge is 0.350 e. The van der Waals surface area contributed by atoms with Crippen LogP contribution in [-0.2, 0) is 4.79 Å². The summed E-state index contributed by atoms with van der Waals surface area (Å²) in [5, 5.41) is 3.82. The summed E-state index contributed by atoms with van der Waals surface area (Å²) in [5.41, 5.74) is 2.82. The second-order valence-corrected chi connectivity index (χ2v) is 5.48. The Morgan fingerprint density at radius 2 is 1.83 bits per heavy atom. The van der Waals surface area contributed by atoms with Gasteiger partial charge in [0.15, 0.2) is 0 Å². The van der Waals surface area contributed by atoms with Crippen LogP contribution in [0.1, 0.15) is 5.56 Å². The molecule has 1 heterocycles. The van der Waals surface area contributed by atoms with Gasteiger partial charge in [0, 0.05) is 18.1 Å². The van der Waals surface area contributed by atoms with Gasteiger partial charge in [0.25, 0.3) is 0 Å². The Morgan fingerprint density at radius 3 is 2.61 bits per heavy atom. The fourth-order valence-corrected chi connectivity index (χ4v) is 2.42. The van der Waals surface area contributed by atoms with Crippen molar-refractivity contribution in [3.8, 4) is 0 Å². The Labute approximate surface area is 135 Å². The molecule has 5 heteroatoms. The van der Waals surface area contributed by atoms with E-state index in [4.69, 9.17) is 0 Å². The van der Waals surface area contributed by atoms with Crippen molar-refractivity contribution in [1.29, 1.82) is 0 Å². The summed E-state index contributed by atoms with van der Waals surface area (Å²) in [5.74, 6) is 0.661. The maximum atomic E-state index is 12.2. The van der Waals surface area contributed by atoms with Crippen molar-refractivity contribution < 1.29 is 4.79 Å². The van der Waals surface area contributed by atoms with E-state index in [0.29, 0.717) is 0 Å². The highest BCUT2D eigenvalue weighted by molar-refractivity contribution is 5.96. The van der Waals surface area contributed by atoms with Crippen molar-refractivity contribution in [3.05, 3.63) is 60.4 Å². The van der Waals surface area contributed by atoms with Crippen LogP contribution in [0.15, 0.2) is 54.9 Å². The van der Waals surface area contributed by atoms with E-state index in [-0.39, 0.29) is 12.5 Å². The minimum atomic E-state index is -0.0842. The van der Waals surface area contributed by atoms with Gasteiger partial charge in [-0.3, -0.25) is 4.79 Å². The number of aryl methyl sites for hydroxylation is 1. The monoisotopic (exact) mass is 306 g/mol. The zero-order valence-electron chi connectivity index (χ0n) is 13.2. The number of nitrogens with zero attached hydrogens (tertiary/aromatic N) is 3. The first-order valence-electron chi connectivity index (χ1n) is 7.41. The highest BCUT2D eigenvalue weighted by Gasteiger charge is 2.12. The van der Waals surface area contributed by atoms with Gasteiger partial charge in [-0.15, -0.1) is 0 Å². The van der Waals surface area contributed by atoms with Crippen molar-refractivity contribution in [2.75, 3.05) is 23.8 Å². The second kappa shape index (κ2) is 6.44. The van der Waals surface area contributed by atoms with Crippen LogP contribution in [0, 0.1) is 6.92 Å². The molecular weight excluding hydrogens is 288 g/mol. The number of para-hydroxylation sites is 1.